The monoisotopic (exact) mass is 412 g/mol. The minimum absolute atomic E-state index is 0. The largest absolute Gasteiger partial charge is 0.748 e. The fraction of sp³-hybridized carbons (Fsp3) is 0.0417. The predicted molar refractivity (Wildman–Crippen MR) is 106 cm³/mol. The molecule has 4 aromatic rings. The topological polar surface area (TPSA) is 35.5 Å². The minimum Gasteiger partial charge on any atom is -0.748 e. The number of esters is 1. The van der Waals surface area contributed by atoms with Gasteiger partial charge in [0.2, 0.25) is 0 Å². The van der Waals surface area contributed by atoms with E-state index in [2.05, 4.69) is 0 Å². The molecule has 0 aliphatic heterocycles. The maximum atomic E-state index is 11.8. The maximum absolute atomic E-state index is 11.8. The van der Waals surface area contributed by atoms with E-state index in [4.69, 9.17) is 9.47 Å². The van der Waals surface area contributed by atoms with Gasteiger partial charge in [0.25, 0.3) is 5.97 Å². The first-order valence-electron chi connectivity index (χ1n) is 8.68. The molecule has 0 heterocycles. The van der Waals surface area contributed by atoms with Gasteiger partial charge in [-0.1, -0.05) is 35.9 Å². The Bertz CT molecular complexity index is 879. The van der Waals surface area contributed by atoms with E-state index in [9.17, 15) is 4.79 Å². The van der Waals surface area contributed by atoms with E-state index in [1.54, 1.807) is 48.5 Å². The second-order valence-corrected chi connectivity index (χ2v) is 5.77. The summed E-state index contributed by atoms with van der Waals surface area (Å²) >= 11 is 0. The minimum atomic E-state index is -0.358. The molecular weight excluding hydrogens is 392 g/mol. The van der Waals surface area contributed by atoms with E-state index in [0.717, 1.165) is 11.3 Å². The van der Waals surface area contributed by atoms with Crippen molar-refractivity contribution in [3.05, 3.63) is 120 Å². The summed E-state index contributed by atoms with van der Waals surface area (Å²) in [6.45, 7) is 0.507. The van der Waals surface area contributed by atoms with Crippen molar-refractivity contribution in [3.63, 3.8) is 0 Å². The van der Waals surface area contributed by atoms with Gasteiger partial charge in [0.15, 0.2) is 0 Å². The van der Waals surface area contributed by atoms with Gasteiger partial charge < -0.3 is 39.8 Å². The SMILES string of the molecule is O=C(Oc1ccc(OCc2ccccc2)cc1)[c-]1cccc1.[Fe].[cH-]1[cH-][cH-][cH-][cH-]1. The van der Waals surface area contributed by atoms with E-state index in [1.807, 2.05) is 60.7 Å². The molecule has 0 aliphatic carbocycles. The van der Waals surface area contributed by atoms with Crippen molar-refractivity contribution in [2.75, 3.05) is 0 Å². The van der Waals surface area contributed by atoms with E-state index in [1.165, 1.54) is 0 Å². The first-order chi connectivity index (χ1) is 13.3. The third kappa shape index (κ3) is 6.92. The zero-order valence-corrected chi connectivity index (χ0v) is 16.3. The van der Waals surface area contributed by atoms with Crippen LogP contribution in [-0.4, -0.2) is 5.97 Å². The van der Waals surface area contributed by atoms with Crippen LogP contribution in [0.15, 0.2) is 109 Å². The molecule has 4 rings (SSSR count). The van der Waals surface area contributed by atoms with Crippen molar-refractivity contribution in [2.24, 2.45) is 0 Å². The Morgan fingerprint density at radius 1 is 0.750 bits per heavy atom. The fourth-order valence-electron chi connectivity index (χ4n) is 2.34. The molecule has 4 aromatic carbocycles. The van der Waals surface area contributed by atoms with Gasteiger partial charge in [-0.2, -0.15) is 12.1 Å². The Kier molecular flexibility index (Phi) is 8.80. The van der Waals surface area contributed by atoms with Gasteiger partial charge in [-0.15, -0.1) is 0 Å². The average molecular weight is 412 g/mol. The normalized spacial score (nSPS) is 9.43. The summed E-state index contributed by atoms with van der Waals surface area (Å²) in [4.78, 5) is 11.8. The van der Waals surface area contributed by atoms with Crippen LogP contribution in [0, 0.1) is 0 Å². The molecule has 3 nitrogen and oxygen atoms in total. The van der Waals surface area contributed by atoms with Crippen LogP contribution in [0.3, 0.4) is 0 Å². The molecule has 0 aromatic heterocycles. The van der Waals surface area contributed by atoms with Crippen LogP contribution in [0.1, 0.15) is 15.9 Å². The van der Waals surface area contributed by atoms with Crippen molar-refractivity contribution >= 4 is 5.97 Å². The molecule has 0 radical (unpaired) electrons. The van der Waals surface area contributed by atoms with Crippen LogP contribution in [0.4, 0.5) is 0 Å². The van der Waals surface area contributed by atoms with E-state index in [-0.39, 0.29) is 23.0 Å². The first kappa shape index (κ1) is 21.2. The number of benzene rings is 2. The van der Waals surface area contributed by atoms with Crippen LogP contribution >= 0.6 is 0 Å². The quantitative estimate of drug-likeness (QED) is 0.185. The zero-order chi connectivity index (χ0) is 18.7. The molecule has 148 valence electrons. The van der Waals surface area contributed by atoms with Crippen LogP contribution in [-0.2, 0) is 23.7 Å². The van der Waals surface area contributed by atoms with Crippen LogP contribution < -0.4 is 9.47 Å². The van der Waals surface area contributed by atoms with Gasteiger partial charge in [0.05, 0.1) is 0 Å². The van der Waals surface area contributed by atoms with Crippen molar-refractivity contribution in [3.8, 4) is 11.5 Å². The molecule has 0 spiro atoms. The molecule has 0 bridgehead atoms. The number of carbonyl (C=O) groups excluding carboxylic acids is 1. The third-order valence-electron chi connectivity index (χ3n) is 3.74. The van der Waals surface area contributed by atoms with Gasteiger partial charge in [-0.25, -0.2) is 12.1 Å². The average Bonchev–Trinajstić information content (AvgIpc) is 3.44. The van der Waals surface area contributed by atoms with Gasteiger partial charge in [0, 0.05) is 17.1 Å². The van der Waals surface area contributed by atoms with Crippen molar-refractivity contribution in [2.45, 2.75) is 6.61 Å². The Morgan fingerprint density at radius 3 is 1.86 bits per heavy atom. The summed E-state index contributed by atoms with van der Waals surface area (Å²) in [5.74, 6) is 0.873. The summed E-state index contributed by atoms with van der Waals surface area (Å²) in [6.07, 6.45) is 0. The third-order valence-corrected chi connectivity index (χ3v) is 3.74. The van der Waals surface area contributed by atoms with Crippen LogP contribution in [0.5, 0.6) is 11.5 Å². The molecule has 0 aliphatic rings. The Morgan fingerprint density at radius 2 is 1.29 bits per heavy atom. The van der Waals surface area contributed by atoms with Crippen LogP contribution in [0.25, 0.3) is 0 Å². The molecule has 28 heavy (non-hydrogen) atoms. The van der Waals surface area contributed by atoms with E-state index >= 15 is 0 Å². The summed E-state index contributed by atoms with van der Waals surface area (Å²) in [5.41, 5.74) is 1.65. The Hall–Kier alpha value is -3.07. The van der Waals surface area contributed by atoms with Crippen molar-refractivity contribution in [1.29, 1.82) is 0 Å². The van der Waals surface area contributed by atoms with Crippen molar-refractivity contribution < 1.29 is 31.3 Å². The number of hydrogen-bond acceptors (Lipinski definition) is 3. The summed E-state index contributed by atoms with van der Waals surface area (Å²) in [6, 6.07) is 34.0. The smallest absolute Gasteiger partial charge is 0.286 e. The molecule has 0 saturated heterocycles. The second kappa shape index (κ2) is 11.6. The molecule has 0 unspecified atom stereocenters. The number of carbonyl (C=O) groups is 1. The van der Waals surface area contributed by atoms with Gasteiger partial charge in [-0.3, -0.25) is 4.79 Å². The van der Waals surface area contributed by atoms with E-state index < -0.39 is 0 Å². The fourth-order valence-corrected chi connectivity index (χ4v) is 2.34. The second-order valence-electron chi connectivity index (χ2n) is 5.77. The number of ether oxygens (including phenoxy) is 2. The summed E-state index contributed by atoms with van der Waals surface area (Å²) in [7, 11) is 0. The standard InChI is InChI=1S/C19H15O3.C5H5.Fe/c20-19(16-8-4-5-9-16)22-18-12-10-17(11-13-18)21-14-15-6-2-1-3-7-15;1-2-4-5-3-1;/h1-13H,14H2;1-5H;/q-1;-5;. The Labute approximate surface area is 175 Å². The summed E-state index contributed by atoms with van der Waals surface area (Å²) < 4.78 is 11.0. The molecule has 4 heteroatoms. The molecule has 0 saturated carbocycles. The molecule has 0 atom stereocenters. The van der Waals surface area contributed by atoms with Gasteiger partial charge in [-0.05, 0) is 29.8 Å². The van der Waals surface area contributed by atoms with Gasteiger partial charge >= 0.3 is 0 Å². The molecule has 0 N–H and O–H groups in total. The van der Waals surface area contributed by atoms with Crippen LogP contribution in [0.2, 0.25) is 0 Å². The van der Waals surface area contributed by atoms with Crippen molar-refractivity contribution in [1.82, 2.24) is 0 Å². The van der Waals surface area contributed by atoms with E-state index in [0.29, 0.717) is 17.9 Å². The molecular formula is C24H20FeO3-6. The van der Waals surface area contributed by atoms with Gasteiger partial charge in [0.1, 0.15) is 18.1 Å². The Balaban J connectivity index is 0.000000408. The molecule has 0 amide bonds. The number of rotatable bonds is 5. The summed E-state index contributed by atoms with van der Waals surface area (Å²) in [5, 5.41) is 0. The first-order valence-corrected chi connectivity index (χ1v) is 8.68. The maximum Gasteiger partial charge on any atom is 0.286 e. The predicted octanol–water partition coefficient (Wildman–Crippen LogP) is 5.61. The number of hydrogen-bond donors (Lipinski definition) is 0. The molecule has 0 fully saturated rings. The zero-order valence-electron chi connectivity index (χ0n) is 15.2.